The summed E-state index contributed by atoms with van der Waals surface area (Å²) in [6.45, 7) is 1.31. The number of rotatable bonds is 5. The summed E-state index contributed by atoms with van der Waals surface area (Å²) in [6.07, 6.45) is 5.58. The Morgan fingerprint density at radius 2 is 1.97 bits per heavy atom. The Hall–Kier alpha value is -3.88. The monoisotopic (exact) mass is 446 g/mol. The first-order valence-electron chi connectivity index (χ1n) is 10.9. The lowest BCUT2D eigenvalue weighted by atomic mass is 9.97. The van der Waals surface area contributed by atoms with Gasteiger partial charge in [0.1, 0.15) is 5.69 Å². The maximum Gasteiger partial charge on any atom is 0.274 e. The fourth-order valence-electron chi connectivity index (χ4n) is 4.41. The van der Waals surface area contributed by atoms with E-state index in [1.54, 1.807) is 35.7 Å². The molecule has 9 heteroatoms. The SMILES string of the molecule is COc1cccc(-c2ccc3nc([C@H]4CCCN(C(=O)c5ccn(C)n5)C4)nn3c2)c1OC. The second-order valence-corrected chi connectivity index (χ2v) is 8.20. The maximum absolute atomic E-state index is 12.9. The van der Waals surface area contributed by atoms with Crippen molar-refractivity contribution < 1.29 is 14.3 Å². The van der Waals surface area contributed by atoms with Crippen LogP contribution in [0.5, 0.6) is 11.5 Å². The molecule has 0 spiro atoms. The number of benzene rings is 1. The molecule has 5 rings (SSSR count). The molecule has 1 aliphatic heterocycles. The largest absolute Gasteiger partial charge is 0.493 e. The Kier molecular flexibility index (Phi) is 5.45. The highest BCUT2D eigenvalue weighted by Crippen LogP contribution is 2.37. The van der Waals surface area contributed by atoms with Crippen molar-refractivity contribution in [3.63, 3.8) is 0 Å². The van der Waals surface area contributed by atoms with Crippen molar-refractivity contribution in [1.82, 2.24) is 29.3 Å². The molecule has 1 aromatic carbocycles. The molecule has 0 aliphatic carbocycles. The number of hydrogen-bond acceptors (Lipinski definition) is 6. The van der Waals surface area contributed by atoms with E-state index >= 15 is 0 Å². The summed E-state index contributed by atoms with van der Waals surface area (Å²) in [5.41, 5.74) is 3.10. The lowest BCUT2D eigenvalue weighted by Gasteiger charge is -2.30. The third kappa shape index (κ3) is 3.90. The molecule has 33 heavy (non-hydrogen) atoms. The van der Waals surface area contributed by atoms with Gasteiger partial charge in [-0.1, -0.05) is 12.1 Å². The number of aryl methyl sites for hydroxylation is 1. The average Bonchev–Trinajstić information content (AvgIpc) is 3.48. The van der Waals surface area contributed by atoms with Gasteiger partial charge in [0.2, 0.25) is 0 Å². The first-order valence-corrected chi connectivity index (χ1v) is 10.9. The van der Waals surface area contributed by atoms with E-state index in [4.69, 9.17) is 19.6 Å². The molecular formula is C24H26N6O3. The molecule has 0 radical (unpaired) electrons. The predicted octanol–water partition coefficient (Wildman–Crippen LogP) is 3.17. The molecule has 0 unspecified atom stereocenters. The number of pyridine rings is 1. The Balaban J connectivity index is 1.42. The van der Waals surface area contributed by atoms with Crippen LogP contribution < -0.4 is 9.47 Å². The molecule has 0 bridgehead atoms. The van der Waals surface area contributed by atoms with Crippen molar-refractivity contribution in [2.45, 2.75) is 18.8 Å². The third-order valence-electron chi connectivity index (χ3n) is 6.07. The van der Waals surface area contributed by atoms with Crippen LogP contribution in [0.4, 0.5) is 0 Å². The molecular weight excluding hydrogens is 420 g/mol. The Morgan fingerprint density at radius 3 is 2.73 bits per heavy atom. The summed E-state index contributed by atoms with van der Waals surface area (Å²) in [5.74, 6) is 2.14. The van der Waals surface area contributed by atoms with Gasteiger partial charge in [0.25, 0.3) is 5.91 Å². The molecule has 1 atom stereocenters. The van der Waals surface area contributed by atoms with Crippen molar-refractivity contribution in [2.75, 3.05) is 27.3 Å². The molecule has 170 valence electrons. The van der Waals surface area contributed by atoms with Crippen LogP contribution in [-0.4, -0.2) is 62.5 Å². The predicted molar refractivity (Wildman–Crippen MR) is 123 cm³/mol. The van der Waals surface area contributed by atoms with Gasteiger partial charge >= 0.3 is 0 Å². The zero-order chi connectivity index (χ0) is 22.9. The van der Waals surface area contributed by atoms with E-state index in [9.17, 15) is 4.79 Å². The van der Waals surface area contributed by atoms with Crippen molar-refractivity contribution in [2.24, 2.45) is 7.05 Å². The maximum atomic E-state index is 12.9. The van der Waals surface area contributed by atoms with Gasteiger partial charge in [-0.25, -0.2) is 9.50 Å². The summed E-state index contributed by atoms with van der Waals surface area (Å²) >= 11 is 0. The molecule has 1 aliphatic rings. The zero-order valence-electron chi connectivity index (χ0n) is 18.9. The van der Waals surface area contributed by atoms with E-state index < -0.39 is 0 Å². The van der Waals surface area contributed by atoms with Gasteiger partial charge < -0.3 is 14.4 Å². The summed E-state index contributed by atoms with van der Waals surface area (Å²) in [6, 6.07) is 11.5. The highest BCUT2D eigenvalue weighted by atomic mass is 16.5. The van der Waals surface area contributed by atoms with Gasteiger partial charge in [0, 0.05) is 49.6 Å². The molecule has 4 aromatic rings. The summed E-state index contributed by atoms with van der Waals surface area (Å²) in [4.78, 5) is 19.5. The minimum atomic E-state index is -0.0449. The number of nitrogens with zero attached hydrogens (tertiary/aromatic N) is 6. The van der Waals surface area contributed by atoms with Gasteiger partial charge in [-0.05, 0) is 37.1 Å². The number of likely N-dealkylation sites (tertiary alicyclic amines) is 1. The molecule has 1 fully saturated rings. The number of fused-ring (bicyclic) bond motifs is 1. The topological polar surface area (TPSA) is 86.8 Å². The van der Waals surface area contributed by atoms with E-state index in [-0.39, 0.29) is 11.8 Å². The van der Waals surface area contributed by atoms with Crippen LogP contribution in [-0.2, 0) is 7.05 Å². The van der Waals surface area contributed by atoms with Gasteiger partial charge in [0.05, 0.1) is 14.2 Å². The molecule has 1 saturated heterocycles. The van der Waals surface area contributed by atoms with Crippen LogP contribution in [0.15, 0.2) is 48.8 Å². The van der Waals surface area contributed by atoms with Crippen LogP contribution in [0, 0.1) is 0 Å². The molecule has 1 amide bonds. The lowest BCUT2D eigenvalue weighted by molar-refractivity contribution is 0.0698. The van der Waals surface area contributed by atoms with Crippen molar-refractivity contribution in [1.29, 1.82) is 0 Å². The molecule has 0 saturated carbocycles. The first-order chi connectivity index (χ1) is 16.1. The second kappa shape index (κ2) is 8.57. The number of amides is 1. The van der Waals surface area contributed by atoms with Crippen LogP contribution in [0.3, 0.4) is 0 Å². The second-order valence-electron chi connectivity index (χ2n) is 8.20. The fourth-order valence-corrected chi connectivity index (χ4v) is 4.41. The molecule has 4 heterocycles. The Labute approximate surface area is 191 Å². The molecule has 3 aromatic heterocycles. The van der Waals surface area contributed by atoms with Crippen molar-refractivity contribution in [3.05, 3.63) is 60.3 Å². The molecule has 9 nitrogen and oxygen atoms in total. The number of carbonyl (C=O) groups is 1. The quantitative estimate of drug-likeness (QED) is 0.468. The van der Waals surface area contributed by atoms with Gasteiger partial charge in [-0.3, -0.25) is 9.48 Å². The summed E-state index contributed by atoms with van der Waals surface area (Å²) < 4.78 is 14.5. The normalized spacial score (nSPS) is 16.2. The van der Waals surface area contributed by atoms with Gasteiger partial charge in [-0.15, -0.1) is 0 Å². The Bertz CT molecular complexity index is 1310. The van der Waals surface area contributed by atoms with Crippen LogP contribution >= 0.6 is 0 Å². The van der Waals surface area contributed by atoms with Crippen LogP contribution in [0.2, 0.25) is 0 Å². The van der Waals surface area contributed by atoms with E-state index in [2.05, 4.69) is 5.10 Å². The van der Waals surface area contributed by atoms with E-state index in [1.165, 1.54) is 0 Å². The van der Waals surface area contributed by atoms with Crippen molar-refractivity contribution in [3.8, 4) is 22.6 Å². The number of para-hydroxylation sites is 1. The number of methoxy groups -OCH3 is 2. The number of carbonyl (C=O) groups excluding carboxylic acids is 1. The van der Waals surface area contributed by atoms with Crippen molar-refractivity contribution >= 4 is 11.6 Å². The number of hydrogen-bond donors (Lipinski definition) is 0. The lowest BCUT2D eigenvalue weighted by Crippen LogP contribution is -2.39. The van der Waals surface area contributed by atoms with E-state index in [0.717, 1.165) is 42.0 Å². The van der Waals surface area contributed by atoms with Gasteiger partial charge in [-0.2, -0.15) is 10.2 Å². The third-order valence-corrected chi connectivity index (χ3v) is 6.07. The minimum absolute atomic E-state index is 0.0449. The Morgan fingerprint density at radius 1 is 1.09 bits per heavy atom. The summed E-state index contributed by atoms with van der Waals surface area (Å²) in [7, 11) is 5.07. The zero-order valence-corrected chi connectivity index (χ0v) is 18.9. The summed E-state index contributed by atoms with van der Waals surface area (Å²) in [5, 5.41) is 9.02. The van der Waals surface area contributed by atoms with E-state index in [0.29, 0.717) is 23.7 Å². The highest BCUT2D eigenvalue weighted by molar-refractivity contribution is 5.92. The number of ether oxygens (including phenoxy) is 2. The van der Waals surface area contributed by atoms with Gasteiger partial charge in [0.15, 0.2) is 23.0 Å². The minimum Gasteiger partial charge on any atom is -0.493 e. The van der Waals surface area contributed by atoms with Crippen LogP contribution in [0.1, 0.15) is 35.1 Å². The number of piperidine rings is 1. The standard InChI is InChI=1S/C24H26N6O3/c1-28-13-11-19(26-28)24(31)29-12-5-6-17(14-29)23-25-21-10-9-16(15-30(21)27-23)18-7-4-8-20(32-2)22(18)33-3/h4,7-11,13,15,17H,5-6,12,14H2,1-3H3/t17-/m0/s1. The van der Waals surface area contributed by atoms with Crippen LogP contribution in [0.25, 0.3) is 16.8 Å². The fraction of sp³-hybridized carbons (Fsp3) is 0.333. The molecule has 0 N–H and O–H groups in total. The van der Waals surface area contributed by atoms with E-state index in [1.807, 2.05) is 48.5 Å². The first kappa shape index (κ1) is 21.0. The average molecular weight is 447 g/mol. The highest BCUT2D eigenvalue weighted by Gasteiger charge is 2.29. The number of aromatic nitrogens is 5. The smallest absolute Gasteiger partial charge is 0.274 e.